The Labute approximate surface area is 213 Å². The van der Waals surface area contributed by atoms with Gasteiger partial charge in [-0.3, -0.25) is 13.9 Å². The van der Waals surface area contributed by atoms with Gasteiger partial charge in [0, 0.05) is 36.6 Å². The van der Waals surface area contributed by atoms with Crippen LogP contribution in [0.1, 0.15) is 38.7 Å². The molecule has 0 aliphatic rings. The van der Waals surface area contributed by atoms with Crippen LogP contribution in [0.4, 0.5) is 14.5 Å². The Bertz CT molecular complexity index is 1150. The molecule has 2 rings (SSSR count). The monoisotopic (exact) mass is 573 g/mol. The Morgan fingerprint density at radius 1 is 1.11 bits per heavy atom. The predicted octanol–water partition coefficient (Wildman–Crippen LogP) is 4.22. The van der Waals surface area contributed by atoms with Gasteiger partial charge in [0.25, 0.3) is 0 Å². The van der Waals surface area contributed by atoms with E-state index in [4.69, 9.17) is 0 Å². The first-order chi connectivity index (χ1) is 16.4. The van der Waals surface area contributed by atoms with E-state index in [1.54, 1.807) is 6.92 Å². The Morgan fingerprint density at radius 3 is 2.43 bits per heavy atom. The highest BCUT2D eigenvalue weighted by Gasteiger charge is 2.26. The van der Waals surface area contributed by atoms with Crippen molar-refractivity contribution in [2.45, 2.75) is 45.7 Å². The molecule has 0 saturated heterocycles. The van der Waals surface area contributed by atoms with Crippen molar-refractivity contribution in [3.63, 3.8) is 0 Å². The van der Waals surface area contributed by atoms with Crippen LogP contribution in [0, 0.1) is 11.6 Å². The number of nitrogens with one attached hydrogen (secondary N) is 1. The van der Waals surface area contributed by atoms with Crippen LogP contribution in [0.5, 0.6) is 0 Å². The van der Waals surface area contributed by atoms with E-state index in [0.29, 0.717) is 6.54 Å². The van der Waals surface area contributed by atoms with Crippen molar-refractivity contribution >= 4 is 43.5 Å². The molecule has 0 saturated carbocycles. The topological polar surface area (TPSA) is 86.8 Å². The molecule has 1 atom stereocenters. The van der Waals surface area contributed by atoms with Crippen LogP contribution in [0.2, 0.25) is 0 Å². The second kappa shape index (κ2) is 13.0. The molecule has 0 aliphatic heterocycles. The van der Waals surface area contributed by atoms with Gasteiger partial charge in [-0.1, -0.05) is 35.0 Å². The quantitative estimate of drug-likeness (QED) is 0.412. The van der Waals surface area contributed by atoms with Gasteiger partial charge in [0.15, 0.2) is 11.6 Å². The average molecular weight is 574 g/mol. The summed E-state index contributed by atoms with van der Waals surface area (Å²) in [4.78, 5) is 27.2. The third-order valence-electron chi connectivity index (χ3n) is 5.30. The fourth-order valence-electron chi connectivity index (χ4n) is 3.45. The molecule has 35 heavy (non-hydrogen) atoms. The van der Waals surface area contributed by atoms with Crippen LogP contribution in [0.3, 0.4) is 0 Å². The molecule has 0 unspecified atom stereocenters. The number of carbonyl (C=O) groups is 2. The summed E-state index contributed by atoms with van der Waals surface area (Å²) in [5.74, 6) is -2.87. The highest BCUT2D eigenvalue weighted by Crippen LogP contribution is 2.22. The van der Waals surface area contributed by atoms with Crippen LogP contribution >= 0.6 is 15.9 Å². The summed E-state index contributed by atoms with van der Waals surface area (Å²) in [6, 6.07) is 9.45. The van der Waals surface area contributed by atoms with Gasteiger partial charge < -0.3 is 10.2 Å². The fraction of sp³-hybridized carbons (Fsp3) is 0.417. The SMILES string of the molecule is CCCNC(=O)[C@@H](C)N(Cc1cccc(Br)c1)C(=O)CCCN(c1ccc(F)c(F)c1)S(C)(=O)=O. The first-order valence-electron chi connectivity index (χ1n) is 11.2. The van der Waals surface area contributed by atoms with Gasteiger partial charge in [0.05, 0.1) is 11.9 Å². The standard InChI is InChI=1S/C24H30BrF2N3O4S/c1-4-12-28-24(32)17(2)29(16-18-7-5-8-19(25)14-18)23(31)9-6-13-30(35(3,33)34)20-10-11-21(26)22(27)15-20/h5,7-8,10-11,14-15,17H,4,6,9,12-13,16H2,1-3H3,(H,28,32)/t17-/m1/s1. The smallest absolute Gasteiger partial charge is 0.242 e. The van der Waals surface area contributed by atoms with Crippen molar-refractivity contribution < 1.29 is 26.8 Å². The molecule has 0 aliphatic carbocycles. The fourth-order valence-corrected chi connectivity index (χ4v) is 4.86. The Hall–Kier alpha value is -2.53. The van der Waals surface area contributed by atoms with Crippen LogP contribution < -0.4 is 9.62 Å². The van der Waals surface area contributed by atoms with Crippen molar-refractivity contribution in [3.05, 3.63) is 64.1 Å². The van der Waals surface area contributed by atoms with E-state index in [9.17, 15) is 26.8 Å². The normalized spacial score (nSPS) is 12.2. The molecular weight excluding hydrogens is 544 g/mol. The van der Waals surface area contributed by atoms with E-state index in [2.05, 4.69) is 21.2 Å². The van der Waals surface area contributed by atoms with E-state index >= 15 is 0 Å². The van der Waals surface area contributed by atoms with Gasteiger partial charge in [-0.2, -0.15) is 0 Å². The van der Waals surface area contributed by atoms with Gasteiger partial charge in [-0.05, 0) is 49.6 Å². The molecule has 0 spiro atoms. The molecule has 0 fully saturated rings. The summed E-state index contributed by atoms with van der Waals surface area (Å²) in [5.41, 5.74) is 0.791. The maximum absolute atomic E-state index is 13.7. The molecule has 192 valence electrons. The minimum atomic E-state index is -3.81. The van der Waals surface area contributed by atoms with Gasteiger partial charge in [-0.15, -0.1) is 0 Å². The van der Waals surface area contributed by atoms with Crippen molar-refractivity contribution in [2.24, 2.45) is 0 Å². The summed E-state index contributed by atoms with van der Waals surface area (Å²) in [7, 11) is -3.81. The third-order valence-corrected chi connectivity index (χ3v) is 6.99. The van der Waals surface area contributed by atoms with Crippen molar-refractivity contribution in [3.8, 4) is 0 Å². The Balaban J connectivity index is 2.17. The third kappa shape index (κ3) is 8.57. The number of sulfonamides is 1. The zero-order valence-electron chi connectivity index (χ0n) is 19.9. The minimum Gasteiger partial charge on any atom is -0.354 e. The van der Waals surface area contributed by atoms with E-state index in [1.165, 1.54) is 11.0 Å². The molecular formula is C24H30BrF2N3O4S. The van der Waals surface area contributed by atoms with Crippen molar-refractivity contribution in [1.29, 1.82) is 0 Å². The summed E-state index contributed by atoms with van der Waals surface area (Å²) >= 11 is 3.40. The zero-order chi connectivity index (χ0) is 26.2. The molecule has 2 amide bonds. The van der Waals surface area contributed by atoms with Crippen LogP contribution in [-0.2, 0) is 26.2 Å². The highest BCUT2D eigenvalue weighted by atomic mass is 79.9. The summed E-state index contributed by atoms with van der Waals surface area (Å²) in [5, 5.41) is 2.79. The van der Waals surface area contributed by atoms with Crippen LogP contribution in [0.15, 0.2) is 46.9 Å². The van der Waals surface area contributed by atoms with Crippen LogP contribution in [-0.4, -0.2) is 50.5 Å². The lowest BCUT2D eigenvalue weighted by atomic mass is 10.1. The van der Waals surface area contributed by atoms with E-state index in [0.717, 1.165) is 39.2 Å². The molecule has 7 nitrogen and oxygen atoms in total. The zero-order valence-corrected chi connectivity index (χ0v) is 22.3. The number of halogens is 3. The second-order valence-electron chi connectivity index (χ2n) is 8.16. The molecule has 11 heteroatoms. The number of carbonyl (C=O) groups excluding carboxylic acids is 2. The number of rotatable bonds is 12. The number of nitrogens with zero attached hydrogens (tertiary/aromatic N) is 2. The highest BCUT2D eigenvalue weighted by molar-refractivity contribution is 9.10. The summed E-state index contributed by atoms with van der Waals surface area (Å²) < 4.78 is 53.3. The molecule has 0 aromatic heterocycles. The molecule has 0 bridgehead atoms. The largest absolute Gasteiger partial charge is 0.354 e. The van der Waals surface area contributed by atoms with E-state index < -0.39 is 27.7 Å². The first kappa shape index (κ1) is 28.7. The number of anilines is 1. The van der Waals surface area contributed by atoms with Crippen molar-refractivity contribution in [1.82, 2.24) is 10.2 Å². The number of amides is 2. The lowest BCUT2D eigenvalue weighted by Crippen LogP contribution is -2.47. The molecule has 0 heterocycles. The minimum absolute atomic E-state index is 0.0304. The maximum atomic E-state index is 13.7. The first-order valence-corrected chi connectivity index (χ1v) is 13.8. The molecule has 2 aromatic carbocycles. The number of hydrogen-bond acceptors (Lipinski definition) is 4. The van der Waals surface area contributed by atoms with Gasteiger partial charge in [0.2, 0.25) is 21.8 Å². The second-order valence-corrected chi connectivity index (χ2v) is 11.0. The lowest BCUT2D eigenvalue weighted by molar-refractivity contribution is -0.140. The Morgan fingerprint density at radius 2 is 1.83 bits per heavy atom. The van der Waals surface area contributed by atoms with Gasteiger partial charge in [0.1, 0.15) is 6.04 Å². The van der Waals surface area contributed by atoms with Gasteiger partial charge >= 0.3 is 0 Å². The van der Waals surface area contributed by atoms with E-state index in [1.807, 2.05) is 31.2 Å². The number of hydrogen-bond donors (Lipinski definition) is 1. The maximum Gasteiger partial charge on any atom is 0.242 e. The van der Waals surface area contributed by atoms with E-state index in [-0.39, 0.29) is 43.4 Å². The van der Waals surface area contributed by atoms with Crippen molar-refractivity contribution in [2.75, 3.05) is 23.7 Å². The lowest BCUT2D eigenvalue weighted by Gasteiger charge is -2.29. The van der Waals surface area contributed by atoms with Crippen LogP contribution in [0.25, 0.3) is 0 Å². The molecule has 0 radical (unpaired) electrons. The van der Waals surface area contributed by atoms with Gasteiger partial charge in [-0.25, -0.2) is 17.2 Å². The summed E-state index contributed by atoms with van der Waals surface area (Å²) in [6.45, 7) is 4.13. The number of benzene rings is 2. The molecule has 1 N–H and O–H groups in total. The summed E-state index contributed by atoms with van der Waals surface area (Å²) in [6.07, 6.45) is 1.78. The predicted molar refractivity (Wildman–Crippen MR) is 135 cm³/mol. The average Bonchev–Trinajstić information content (AvgIpc) is 2.79. The molecule has 2 aromatic rings. The Kier molecular flexibility index (Phi) is 10.6.